The Hall–Kier alpha value is -2.35. The van der Waals surface area contributed by atoms with Gasteiger partial charge >= 0.3 is 0 Å². The third kappa shape index (κ3) is 1.66. The second-order valence-corrected chi connectivity index (χ2v) is 7.28. The summed E-state index contributed by atoms with van der Waals surface area (Å²) < 4.78 is 6.27. The van der Waals surface area contributed by atoms with Crippen LogP contribution in [0.1, 0.15) is 50.4 Å². The smallest absolute Gasteiger partial charge is 0.139 e. The molecule has 0 spiro atoms. The van der Waals surface area contributed by atoms with Crippen molar-refractivity contribution in [1.82, 2.24) is 4.98 Å². The fraction of sp³-hybridized carbons (Fsp3) is 0.286. The van der Waals surface area contributed by atoms with Gasteiger partial charge in [-0.05, 0) is 34.3 Å². The highest BCUT2D eigenvalue weighted by atomic mass is 16.3. The molecule has 0 N–H and O–H groups in total. The molecule has 0 saturated heterocycles. The monoisotopic (exact) mass is 303 g/mol. The molecule has 0 unspecified atom stereocenters. The van der Waals surface area contributed by atoms with Gasteiger partial charge in [0.15, 0.2) is 0 Å². The molecular formula is C21H21NO. The zero-order valence-electron chi connectivity index (χ0n) is 14.2. The van der Waals surface area contributed by atoms with E-state index in [4.69, 9.17) is 4.42 Å². The molecule has 0 radical (unpaired) electrons. The maximum absolute atomic E-state index is 6.27. The predicted octanol–water partition coefficient (Wildman–Crippen LogP) is 5.97. The topological polar surface area (TPSA) is 26.0 Å². The van der Waals surface area contributed by atoms with Crippen molar-refractivity contribution in [3.63, 3.8) is 0 Å². The molecule has 3 aromatic rings. The number of pyridine rings is 1. The van der Waals surface area contributed by atoms with Crippen molar-refractivity contribution in [2.24, 2.45) is 0 Å². The average Bonchev–Trinajstić information content (AvgIpc) is 2.88. The zero-order valence-corrected chi connectivity index (χ0v) is 14.2. The predicted molar refractivity (Wildman–Crippen MR) is 96.8 cm³/mol. The summed E-state index contributed by atoms with van der Waals surface area (Å²) in [5, 5.41) is 2.26. The molecule has 2 heteroatoms. The summed E-state index contributed by atoms with van der Waals surface area (Å²) >= 11 is 0. The molecule has 4 rings (SSSR count). The molecule has 1 aromatic carbocycles. The minimum Gasteiger partial charge on any atom is -0.456 e. The molecule has 0 amide bonds. The van der Waals surface area contributed by atoms with E-state index in [1.165, 1.54) is 16.5 Å². The Bertz CT molecular complexity index is 1000. The second kappa shape index (κ2) is 4.35. The lowest BCUT2D eigenvalue weighted by molar-refractivity contribution is 0.639. The number of furan rings is 1. The number of hydrogen-bond donors (Lipinski definition) is 0. The summed E-state index contributed by atoms with van der Waals surface area (Å²) in [6.45, 7) is 17.4. The first-order chi connectivity index (χ1) is 10.8. The van der Waals surface area contributed by atoms with Crippen molar-refractivity contribution in [2.75, 3.05) is 0 Å². The first-order valence-corrected chi connectivity index (χ1v) is 8.07. The van der Waals surface area contributed by atoms with Crippen LogP contribution in [0.5, 0.6) is 0 Å². The molecule has 0 bridgehead atoms. The molecule has 0 atom stereocenters. The van der Waals surface area contributed by atoms with Crippen molar-refractivity contribution in [3.8, 4) is 0 Å². The maximum Gasteiger partial charge on any atom is 0.139 e. The standard InChI is InChI=1S/C21H21NO/c1-11(2)14-7-8-15-17-18-16(23-20(14)17)9-10-22-19(18)12(3)13(4)21(15,5)6/h7-11H,3-4H2,1-2,5-6H3. The first-order valence-electron chi connectivity index (χ1n) is 8.07. The van der Waals surface area contributed by atoms with E-state index in [-0.39, 0.29) is 5.41 Å². The first kappa shape index (κ1) is 14.3. The summed E-state index contributed by atoms with van der Waals surface area (Å²) in [7, 11) is 0. The van der Waals surface area contributed by atoms with E-state index < -0.39 is 0 Å². The van der Waals surface area contributed by atoms with E-state index in [9.17, 15) is 0 Å². The number of nitrogens with zero attached hydrogens (tertiary/aromatic N) is 1. The summed E-state index contributed by atoms with van der Waals surface area (Å²) in [6.07, 6.45) is 1.80. The maximum atomic E-state index is 6.27. The van der Waals surface area contributed by atoms with Crippen molar-refractivity contribution in [2.45, 2.75) is 39.0 Å². The van der Waals surface area contributed by atoms with Gasteiger partial charge in [-0.1, -0.05) is 53.0 Å². The van der Waals surface area contributed by atoms with Crippen LogP contribution in [0.25, 0.3) is 27.5 Å². The van der Waals surface area contributed by atoms with Crippen LogP contribution in [0.3, 0.4) is 0 Å². The third-order valence-corrected chi connectivity index (χ3v) is 5.26. The van der Waals surface area contributed by atoms with Gasteiger partial charge in [0.25, 0.3) is 0 Å². The minimum absolute atomic E-state index is 0.206. The Balaban J connectivity index is 2.32. The van der Waals surface area contributed by atoms with Crippen LogP contribution in [0, 0.1) is 0 Å². The van der Waals surface area contributed by atoms with Gasteiger partial charge in [-0.3, -0.25) is 4.98 Å². The fourth-order valence-electron chi connectivity index (χ4n) is 3.72. The molecule has 0 saturated carbocycles. The summed E-state index contributed by atoms with van der Waals surface area (Å²) in [5.74, 6) is 0.402. The van der Waals surface area contributed by atoms with E-state index in [1.807, 2.05) is 6.07 Å². The van der Waals surface area contributed by atoms with Crippen LogP contribution in [0.15, 0.2) is 47.5 Å². The van der Waals surface area contributed by atoms with Crippen LogP contribution in [-0.4, -0.2) is 4.98 Å². The molecule has 0 aliphatic heterocycles. The van der Waals surface area contributed by atoms with Gasteiger partial charge in [0.1, 0.15) is 11.2 Å². The Morgan fingerprint density at radius 2 is 1.83 bits per heavy atom. The SMILES string of the molecule is C=C1C(=C)C(C)(C)c2ccc(C(C)C)c3oc4ccnc1c4c23. The van der Waals surface area contributed by atoms with E-state index in [0.717, 1.165) is 33.4 Å². The summed E-state index contributed by atoms with van der Waals surface area (Å²) in [5.41, 5.74) is 6.97. The van der Waals surface area contributed by atoms with Gasteiger partial charge in [-0.25, -0.2) is 0 Å². The highest BCUT2D eigenvalue weighted by molar-refractivity contribution is 6.14. The third-order valence-electron chi connectivity index (χ3n) is 5.26. The van der Waals surface area contributed by atoms with Crippen LogP contribution in [0.2, 0.25) is 0 Å². The highest BCUT2D eigenvalue weighted by Crippen LogP contribution is 2.49. The largest absolute Gasteiger partial charge is 0.456 e. The average molecular weight is 303 g/mol. The van der Waals surface area contributed by atoms with Gasteiger partial charge in [0, 0.05) is 17.0 Å². The molecule has 2 aromatic heterocycles. The quantitative estimate of drug-likeness (QED) is 0.554. The molecule has 0 fully saturated rings. The number of rotatable bonds is 1. The lowest BCUT2D eigenvalue weighted by atomic mass is 9.75. The highest BCUT2D eigenvalue weighted by Gasteiger charge is 2.35. The molecule has 1 aliphatic carbocycles. The van der Waals surface area contributed by atoms with Gasteiger partial charge in [0.05, 0.1) is 11.1 Å². The van der Waals surface area contributed by atoms with Crippen molar-refractivity contribution in [1.29, 1.82) is 0 Å². The van der Waals surface area contributed by atoms with Crippen LogP contribution < -0.4 is 0 Å². The van der Waals surface area contributed by atoms with Gasteiger partial charge in [-0.2, -0.15) is 0 Å². The fourth-order valence-corrected chi connectivity index (χ4v) is 3.72. The molecule has 116 valence electrons. The number of benzene rings is 1. The Labute approximate surface area is 136 Å². The Kier molecular flexibility index (Phi) is 2.69. The molecule has 2 heterocycles. The van der Waals surface area contributed by atoms with Crippen LogP contribution in [-0.2, 0) is 5.41 Å². The summed E-state index contributed by atoms with van der Waals surface area (Å²) in [6, 6.07) is 6.37. The zero-order chi connectivity index (χ0) is 16.5. The molecule has 1 aliphatic rings. The number of aromatic nitrogens is 1. The molecule has 2 nitrogen and oxygen atoms in total. The van der Waals surface area contributed by atoms with Crippen LogP contribution >= 0.6 is 0 Å². The number of hydrogen-bond acceptors (Lipinski definition) is 2. The second-order valence-electron chi connectivity index (χ2n) is 7.28. The van der Waals surface area contributed by atoms with Crippen molar-refractivity contribution < 1.29 is 4.42 Å². The van der Waals surface area contributed by atoms with Gasteiger partial charge in [-0.15, -0.1) is 0 Å². The van der Waals surface area contributed by atoms with Crippen LogP contribution in [0.4, 0.5) is 0 Å². The lowest BCUT2D eigenvalue weighted by Crippen LogP contribution is -2.20. The van der Waals surface area contributed by atoms with E-state index in [0.29, 0.717) is 5.92 Å². The van der Waals surface area contributed by atoms with Gasteiger partial charge < -0.3 is 4.42 Å². The van der Waals surface area contributed by atoms with Crippen molar-refractivity contribution in [3.05, 3.63) is 59.9 Å². The summed E-state index contributed by atoms with van der Waals surface area (Å²) in [4.78, 5) is 4.60. The van der Waals surface area contributed by atoms with E-state index in [1.54, 1.807) is 6.20 Å². The minimum atomic E-state index is -0.206. The molecule has 23 heavy (non-hydrogen) atoms. The van der Waals surface area contributed by atoms with Gasteiger partial charge in [0.2, 0.25) is 0 Å². The Morgan fingerprint density at radius 1 is 1.09 bits per heavy atom. The Morgan fingerprint density at radius 3 is 2.52 bits per heavy atom. The number of allylic oxidation sites excluding steroid dienone is 2. The lowest BCUT2D eigenvalue weighted by Gasteiger charge is -2.28. The molecular weight excluding hydrogens is 282 g/mol. The van der Waals surface area contributed by atoms with E-state index in [2.05, 4.69) is 58.0 Å². The normalized spacial score (nSPS) is 16.7. The van der Waals surface area contributed by atoms with E-state index >= 15 is 0 Å². The van der Waals surface area contributed by atoms with Crippen molar-refractivity contribution >= 4 is 27.5 Å².